The van der Waals surface area contributed by atoms with E-state index in [9.17, 15) is 15.3 Å². The minimum Gasteiger partial charge on any atom is -0.504 e. The summed E-state index contributed by atoms with van der Waals surface area (Å²) in [7, 11) is 1.77. The van der Waals surface area contributed by atoms with Crippen molar-refractivity contribution in [3.05, 3.63) is 54.1 Å². The third-order valence-corrected chi connectivity index (χ3v) is 3.62. The van der Waals surface area contributed by atoms with Crippen LogP contribution in [0, 0.1) is 0 Å². The zero-order valence-corrected chi connectivity index (χ0v) is 12.9. The molecule has 1 unspecified atom stereocenters. The molecule has 0 radical (unpaired) electrons. The van der Waals surface area contributed by atoms with Gasteiger partial charge in [0.2, 0.25) is 0 Å². The third kappa shape index (κ3) is 4.09. The SMILES string of the molecule is CN(CC(O)c1ccc(O)c(O)c1)C(=S)Nc1ccccc1. The van der Waals surface area contributed by atoms with Crippen molar-refractivity contribution >= 4 is 23.0 Å². The van der Waals surface area contributed by atoms with Gasteiger partial charge in [0.05, 0.1) is 6.10 Å². The van der Waals surface area contributed by atoms with Crippen LogP contribution in [0.5, 0.6) is 11.5 Å². The van der Waals surface area contributed by atoms with Gasteiger partial charge in [0.15, 0.2) is 16.6 Å². The molecular formula is C16H18N2O3S. The first-order valence-corrected chi connectivity index (χ1v) is 7.15. The van der Waals surface area contributed by atoms with Crippen molar-refractivity contribution in [2.24, 2.45) is 0 Å². The van der Waals surface area contributed by atoms with E-state index in [2.05, 4.69) is 5.32 Å². The Labute approximate surface area is 134 Å². The van der Waals surface area contributed by atoms with Gasteiger partial charge in [-0.15, -0.1) is 0 Å². The Morgan fingerprint density at radius 3 is 2.45 bits per heavy atom. The molecule has 6 heteroatoms. The number of phenols is 2. The van der Waals surface area contributed by atoms with E-state index >= 15 is 0 Å². The van der Waals surface area contributed by atoms with E-state index in [0.717, 1.165) is 5.69 Å². The number of nitrogens with zero attached hydrogens (tertiary/aromatic N) is 1. The maximum absolute atomic E-state index is 10.2. The third-order valence-electron chi connectivity index (χ3n) is 3.20. The number of aromatic hydroxyl groups is 2. The number of anilines is 1. The molecule has 0 heterocycles. The summed E-state index contributed by atoms with van der Waals surface area (Å²) in [5, 5.41) is 32.5. The van der Waals surface area contributed by atoms with Gasteiger partial charge in [-0.3, -0.25) is 0 Å². The number of aliphatic hydroxyl groups excluding tert-OH is 1. The molecule has 0 aliphatic heterocycles. The lowest BCUT2D eigenvalue weighted by molar-refractivity contribution is 0.152. The summed E-state index contributed by atoms with van der Waals surface area (Å²) in [6.45, 7) is 0.253. The van der Waals surface area contributed by atoms with Gasteiger partial charge in [-0.2, -0.15) is 0 Å². The first-order valence-electron chi connectivity index (χ1n) is 6.74. The number of nitrogens with one attached hydrogen (secondary N) is 1. The Hall–Kier alpha value is -2.31. The summed E-state index contributed by atoms with van der Waals surface area (Å²) in [6.07, 6.45) is -0.841. The molecule has 1 atom stereocenters. The predicted octanol–water partition coefficient (Wildman–Crippen LogP) is 2.46. The molecular weight excluding hydrogens is 300 g/mol. The number of phenolic OH excluding ortho intramolecular Hbond substituents is 2. The fourth-order valence-electron chi connectivity index (χ4n) is 1.94. The van der Waals surface area contributed by atoms with Gasteiger partial charge < -0.3 is 25.5 Å². The van der Waals surface area contributed by atoms with Gasteiger partial charge in [0.1, 0.15) is 0 Å². The second kappa shape index (κ2) is 7.11. The number of rotatable bonds is 4. The Balaban J connectivity index is 1.96. The smallest absolute Gasteiger partial charge is 0.173 e. The molecule has 0 aliphatic rings. The molecule has 0 saturated carbocycles. The summed E-state index contributed by atoms with van der Waals surface area (Å²) < 4.78 is 0. The number of benzene rings is 2. The van der Waals surface area contributed by atoms with Crippen molar-refractivity contribution in [2.45, 2.75) is 6.10 Å². The minimum absolute atomic E-state index is 0.217. The number of hydrogen-bond acceptors (Lipinski definition) is 4. The van der Waals surface area contributed by atoms with Crippen molar-refractivity contribution in [3.8, 4) is 11.5 Å². The summed E-state index contributed by atoms with van der Waals surface area (Å²) in [5.41, 5.74) is 1.38. The Kier molecular flexibility index (Phi) is 5.19. The Morgan fingerprint density at radius 2 is 1.82 bits per heavy atom. The minimum atomic E-state index is -0.841. The standard InChI is InChI=1S/C16H18N2O3S/c1-18(16(22)17-12-5-3-2-4-6-12)10-15(21)11-7-8-13(19)14(20)9-11/h2-9,15,19-21H,10H2,1H3,(H,17,22). The van der Waals surface area contributed by atoms with Gasteiger partial charge >= 0.3 is 0 Å². The van der Waals surface area contributed by atoms with E-state index < -0.39 is 6.10 Å². The van der Waals surface area contributed by atoms with Crippen molar-refractivity contribution in [1.82, 2.24) is 4.90 Å². The van der Waals surface area contributed by atoms with Crippen molar-refractivity contribution in [1.29, 1.82) is 0 Å². The van der Waals surface area contributed by atoms with Crippen LogP contribution in [0.4, 0.5) is 5.69 Å². The molecule has 5 nitrogen and oxygen atoms in total. The van der Waals surface area contributed by atoms with Gasteiger partial charge in [-0.25, -0.2) is 0 Å². The van der Waals surface area contributed by atoms with Gasteiger partial charge in [-0.05, 0) is 42.0 Å². The molecule has 116 valence electrons. The lowest BCUT2D eigenvalue weighted by Gasteiger charge is -2.24. The summed E-state index contributed by atoms with van der Waals surface area (Å²) >= 11 is 5.29. The zero-order valence-electron chi connectivity index (χ0n) is 12.1. The molecule has 0 aromatic heterocycles. The number of thiocarbonyl (C=S) groups is 1. The molecule has 2 rings (SSSR count). The summed E-state index contributed by atoms with van der Waals surface area (Å²) in [6, 6.07) is 13.7. The fourth-order valence-corrected chi connectivity index (χ4v) is 2.13. The predicted molar refractivity (Wildman–Crippen MR) is 90.0 cm³/mol. The topological polar surface area (TPSA) is 76.0 Å². The van der Waals surface area contributed by atoms with E-state index in [-0.39, 0.29) is 18.0 Å². The number of para-hydroxylation sites is 1. The van der Waals surface area contributed by atoms with Crippen LogP contribution in [0.2, 0.25) is 0 Å². The Bertz CT molecular complexity index is 649. The second-order valence-corrected chi connectivity index (χ2v) is 5.33. The van der Waals surface area contributed by atoms with Crippen molar-refractivity contribution < 1.29 is 15.3 Å². The van der Waals surface area contributed by atoms with Crippen LogP contribution in [0.1, 0.15) is 11.7 Å². The maximum Gasteiger partial charge on any atom is 0.173 e. The van der Waals surface area contributed by atoms with Gasteiger partial charge in [0, 0.05) is 19.3 Å². The summed E-state index contributed by atoms with van der Waals surface area (Å²) in [4.78, 5) is 1.71. The van der Waals surface area contributed by atoms with E-state index in [4.69, 9.17) is 12.2 Å². The van der Waals surface area contributed by atoms with Crippen LogP contribution < -0.4 is 5.32 Å². The fraction of sp³-hybridized carbons (Fsp3) is 0.188. The van der Waals surface area contributed by atoms with Crippen molar-refractivity contribution in [2.75, 3.05) is 18.9 Å². The highest BCUT2D eigenvalue weighted by atomic mass is 32.1. The largest absolute Gasteiger partial charge is 0.504 e. The number of hydrogen-bond donors (Lipinski definition) is 4. The highest BCUT2D eigenvalue weighted by Crippen LogP contribution is 2.28. The van der Waals surface area contributed by atoms with Crippen LogP contribution in [0.3, 0.4) is 0 Å². The lowest BCUT2D eigenvalue weighted by Crippen LogP contribution is -2.34. The molecule has 0 bridgehead atoms. The average molecular weight is 318 g/mol. The van der Waals surface area contributed by atoms with E-state index in [1.165, 1.54) is 12.1 Å². The molecule has 0 amide bonds. The molecule has 0 fully saturated rings. The van der Waals surface area contributed by atoms with E-state index in [1.807, 2.05) is 30.3 Å². The maximum atomic E-state index is 10.2. The van der Waals surface area contributed by atoms with Crippen molar-refractivity contribution in [3.63, 3.8) is 0 Å². The molecule has 2 aromatic carbocycles. The van der Waals surface area contributed by atoms with Crippen LogP contribution in [0.15, 0.2) is 48.5 Å². The summed E-state index contributed by atoms with van der Waals surface area (Å²) in [5.74, 6) is -0.477. The number of likely N-dealkylation sites (N-methyl/N-ethyl adjacent to an activating group) is 1. The quantitative estimate of drug-likeness (QED) is 0.512. The average Bonchev–Trinajstić information content (AvgIpc) is 2.50. The van der Waals surface area contributed by atoms with Crippen LogP contribution in [0.25, 0.3) is 0 Å². The second-order valence-electron chi connectivity index (χ2n) is 4.94. The first-order chi connectivity index (χ1) is 10.5. The van der Waals surface area contributed by atoms with Crippen LogP contribution in [-0.4, -0.2) is 38.9 Å². The van der Waals surface area contributed by atoms with Crippen LogP contribution >= 0.6 is 12.2 Å². The molecule has 0 aliphatic carbocycles. The monoisotopic (exact) mass is 318 g/mol. The molecule has 22 heavy (non-hydrogen) atoms. The molecule has 4 N–H and O–H groups in total. The normalized spacial score (nSPS) is 11.7. The number of aliphatic hydroxyl groups is 1. The first kappa shape index (κ1) is 16.1. The molecule has 2 aromatic rings. The highest BCUT2D eigenvalue weighted by molar-refractivity contribution is 7.80. The zero-order chi connectivity index (χ0) is 16.1. The van der Waals surface area contributed by atoms with Crippen LogP contribution in [-0.2, 0) is 0 Å². The highest BCUT2D eigenvalue weighted by Gasteiger charge is 2.14. The van der Waals surface area contributed by atoms with E-state index in [1.54, 1.807) is 18.0 Å². The Morgan fingerprint density at radius 1 is 1.14 bits per heavy atom. The molecule has 0 spiro atoms. The molecule has 0 saturated heterocycles. The van der Waals surface area contributed by atoms with E-state index in [0.29, 0.717) is 10.7 Å². The van der Waals surface area contributed by atoms with Gasteiger partial charge in [0.25, 0.3) is 0 Å². The van der Waals surface area contributed by atoms with Gasteiger partial charge in [-0.1, -0.05) is 24.3 Å². The lowest BCUT2D eigenvalue weighted by atomic mass is 10.1.